The highest BCUT2D eigenvalue weighted by molar-refractivity contribution is 5.80. The van der Waals surface area contributed by atoms with Crippen molar-refractivity contribution in [1.29, 1.82) is 0 Å². The Labute approximate surface area is 129 Å². The number of unbranched alkanes of at least 4 members (excludes halogenated alkanes) is 1. The van der Waals surface area contributed by atoms with E-state index >= 15 is 0 Å². The molecular formula is C18H19FO3. The van der Waals surface area contributed by atoms with Gasteiger partial charge in [0, 0.05) is 0 Å². The number of halogens is 1. The van der Waals surface area contributed by atoms with Gasteiger partial charge >= 0.3 is 0 Å². The van der Waals surface area contributed by atoms with Gasteiger partial charge in [-0.05, 0) is 24.1 Å². The zero-order valence-electron chi connectivity index (χ0n) is 12.5. The van der Waals surface area contributed by atoms with Crippen LogP contribution in [0, 0.1) is 5.82 Å². The second-order valence-electron chi connectivity index (χ2n) is 4.89. The first-order valence-corrected chi connectivity index (χ1v) is 7.33. The smallest absolute Gasteiger partial charge is 0.207 e. The van der Waals surface area contributed by atoms with Gasteiger partial charge in [0.25, 0.3) is 0 Å². The molecule has 4 heteroatoms. The largest absolute Gasteiger partial charge is 0.490 e. The molecule has 0 saturated heterocycles. The SMILES string of the molecule is CCCCOc1ccc(C=O)c(OCc2ccccc2)c1F. The number of aldehydes is 1. The molecule has 22 heavy (non-hydrogen) atoms. The van der Waals surface area contributed by atoms with E-state index in [9.17, 15) is 9.18 Å². The number of rotatable bonds is 8. The van der Waals surface area contributed by atoms with Crippen LogP contribution in [-0.4, -0.2) is 12.9 Å². The molecule has 0 amide bonds. The Morgan fingerprint density at radius 2 is 1.86 bits per heavy atom. The summed E-state index contributed by atoms with van der Waals surface area (Å²) in [5, 5.41) is 0. The minimum absolute atomic E-state index is 0.0622. The molecule has 0 aromatic heterocycles. The summed E-state index contributed by atoms with van der Waals surface area (Å²) in [5.41, 5.74) is 1.08. The molecule has 0 aliphatic carbocycles. The molecule has 0 aliphatic rings. The Morgan fingerprint density at radius 3 is 2.55 bits per heavy atom. The molecule has 0 bridgehead atoms. The van der Waals surface area contributed by atoms with E-state index in [4.69, 9.17) is 9.47 Å². The van der Waals surface area contributed by atoms with Gasteiger partial charge in [-0.2, -0.15) is 4.39 Å². The fraction of sp³-hybridized carbons (Fsp3) is 0.278. The third-order valence-electron chi connectivity index (χ3n) is 3.20. The molecular weight excluding hydrogens is 283 g/mol. The lowest BCUT2D eigenvalue weighted by Gasteiger charge is -2.13. The fourth-order valence-electron chi connectivity index (χ4n) is 1.96. The first kappa shape index (κ1) is 16.0. The number of ether oxygens (including phenoxy) is 2. The molecule has 0 N–H and O–H groups in total. The van der Waals surface area contributed by atoms with Gasteiger partial charge in [-0.15, -0.1) is 0 Å². The van der Waals surface area contributed by atoms with Crippen molar-refractivity contribution in [1.82, 2.24) is 0 Å². The van der Waals surface area contributed by atoms with Crippen LogP contribution in [0.3, 0.4) is 0 Å². The second kappa shape index (κ2) is 8.17. The van der Waals surface area contributed by atoms with Crippen LogP contribution in [0.4, 0.5) is 4.39 Å². The maximum atomic E-state index is 14.4. The molecule has 0 radical (unpaired) electrons. The minimum atomic E-state index is -0.628. The van der Waals surface area contributed by atoms with Gasteiger partial charge in [-0.1, -0.05) is 43.7 Å². The average Bonchev–Trinajstić information content (AvgIpc) is 2.56. The fourth-order valence-corrected chi connectivity index (χ4v) is 1.96. The molecule has 0 fully saturated rings. The Balaban J connectivity index is 2.16. The summed E-state index contributed by atoms with van der Waals surface area (Å²) in [5.74, 6) is -0.577. The summed E-state index contributed by atoms with van der Waals surface area (Å²) >= 11 is 0. The number of carbonyl (C=O) groups excluding carboxylic acids is 1. The van der Waals surface area contributed by atoms with Gasteiger partial charge < -0.3 is 9.47 Å². The molecule has 3 nitrogen and oxygen atoms in total. The Hall–Kier alpha value is -2.36. The van der Waals surface area contributed by atoms with E-state index in [1.165, 1.54) is 12.1 Å². The van der Waals surface area contributed by atoms with Crippen molar-refractivity contribution in [3.8, 4) is 11.5 Å². The average molecular weight is 302 g/mol. The summed E-state index contributed by atoms with van der Waals surface area (Å²) in [7, 11) is 0. The van der Waals surface area contributed by atoms with Crippen LogP contribution in [-0.2, 0) is 6.61 Å². The van der Waals surface area contributed by atoms with Gasteiger partial charge in [0.05, 0.1) is 12.2 Å². The quantitative estimate of drug-likeness (QED) is 0.535. The molecule has 0 aliphatic heterocycles. The molecule has 0 saturated carbocycles. The van der Waals surface area contributed by atoms with Gasteiger partial charge in [0.1, 0.15) is 6.61 Å². The highest BCUT2D eigenvalue weighted by Gasteiger charge is 2.16. The molecule has 0 spiro atoms. The first-order valence-electron chi connectivity index (χ1n) is 7.33. The lowest BCUT2D eigenvalue weighted by atomic mass is 10.2. The number of carbonyl (C=O) groups is 1. The van der Waals surface area contributed by atoms with Crippen molar-refractivity contribution in [3.05, 3.63) is 59.4 Å². The van der Waals surface area contributed by atoms with E-state index in [1.54, 1.807) is 0 Å². The highest BCUT2D eigenvalue weighted by atomic mass is 19.1. The molecule has 0 unspecified atom stereocenters. The predicted molar refractivity (Wildman–Crippen MR) is 83.0 cm³/mol. The minimum Gasteiger partial charge on any atom is -0.490 e. The molecule has 0 heterocycles. The van der Waals surface area contributed by atoms with E-state index in [-0.39, 0.29) is 23.7 Å². The second-order valence-corrected chi connectivity index (χ2v) is 4.89. The maximum absolute atomic E-state index is 14.4. The number of hydrogen-bond donors (Lipinski definition) is 0. The lowest BCUT2D eigenvalue weighted by molar-refractivity contribution is 0.111. The summed E-state index contributed by atoms with van der Waals surface area (Å²) in [6, 6.07) is 12.4. The van der Waals surface area contributed by atoms with Crippen molar-refractivity contribution >= 4 is 6.29 Å². The third kappa shape index (κ3) is 4.07. The molecule has 2 aromatic rings. The molecule has 0 atom stereocenters. The van der Waals surface area contributed by atoms with Crippen molar-refractivity contribution in [3.63, 3.8) is 0 Å². The van der Waals surface area contributed by atoms with Crippen LogP contribution in [0.15, 0.2) is 42.5 Å². The van der Waals surface area contributed by atoms with Crippen LogP contribution in [0.25, 0.3) is 0 Å². The normalized spacial score (nSPS) is 10.3. The first-order chi connectivity index (χ1) is 10.8. The van der Waals surface area contributed by atoms with Gasteiger partial charge in [0.2, 0.25) is 5.82 Å². The summed E-state index contributed by atoms with van der Waals surface area (Å²) in [6.45, 7) is 2.66. The van der Waals surface area contributed by atoms with Gasteiger partial charge in [-0.3, -0.25) is 4.79 Å². The van der Waals surface area contributed by atoms with E-state index in [1.807, 2.05) is 37.3 Å². The van der Waals surface area contributed by atoms with Crippen LogP contribution in [0.2, 0.25) is 0 Å². The van der Waals surface area contributed by atoms with Crippen LogP contribution >= 0.6 is 0 Å². The zero-order valence-corrected chi connectivity index (χ0v) is 12.5. The molecule has 2 rings (SSSR count). The Morgan fingerprint density at radius 1 is 1.09 bits per heavy atom. The van der Waals surface area contributed by atoms with Gasteiger partial charge in [-0.25, -0.2) is 0 Å². The van der Waals surface area contributed by atoms with Crippen molar-refractivity contribution < 1.29 is 18.7 Å². The summed E-state index contributed by atoms with van der Waals surface area (Å²) < 4.78 is 25.3. The van der Waals surface area contributed by atoms with Crippen molar-refractivity contribution in [2.45, 2.75) is 26.4 Å². The van der Waals surface area contributed by atoms with Crippen LogP contribution in [0.5, 0.6) is 11.5 Å². The Bertz CT molecular complexity index is 611. The van der Waals surface area contributed by atoms with E-state index in [2.05, 4.69) is 0 Å². The maximum Gasteiger partial charge on any atom is 0.207 e. The Kier molecular flexibility index (Phi) is 5.95. The number of benzene rings is 2. The lowest BCUT2D eigenvalue weighted by Crippen LogP contribution is -2.04. The highest BCUT2D eigenvalue weighted by Crippen LogP contribution is 2.30. The topological polar surface area (TPSA) is 35.5 Å². The predicted octanol–water partition coefficient (Wildman–Crippen LogP) is 4.40. The molecule has 116 valence electrons. The van der Waals surface area contributed by atoms with Crippen LogP contribution in [0.1, 0.15) is 35.7 Å². The van der Waals surface area contributed by atoms with E-state index in [0.717, 1.165) is 18.4 Å². The van der Waals surface area contributed by atoms with Crippen molar-refractivity contribution in [2.24, 2.45) is 0 Å². The summed E-state index contributed by atoms with van der Waals surface area (Å²) in [6.07, 6.45) is 2.39. The van der Waals surface area contributed by atoms with Crippen molar-refractivity contribution in [2.75, 3.05) is 6.61 Å². The monoisotopic (exact) mass is 302 g/mol. The van der Waals surface area contributed by atoms with E-state index < -0.39 is 5.82 Å². The van der Waals surface area contributed by atoms with Crippen LogP contribution < -0.4 is 9.47 Å². The van der Waals surface area contributed by atoms with Gasteiger partial charge in [0.15, 0.2) is 17.8 Å². The van der Waals surface area contributed by atoms with E-state index in [0.29, 0.717) is 12.9 Å². The third-order valence-corrected chi connectivity index (χ3v) is 3.20. The number of hydrogen-bond acceptors (Lipinski definition) is 3. The zero-order chi connectivity index (χ0) is 15.8. The summed E-state index contributed by atoms with van der Waals surface area (Å²) in [4.78, 5) is 11.1. The standard InChI is InChI=1S/C18H19FO3/c1-2-3-11-21-16-10-9-15(12-20)18(17(16)19)22-13-14-7-5-4-6-8-14/h4-10,12H,2-3,11,13H2,1H3. The molecule has 2 aromatic carbocycles.